The summed E-state index contributed by atoms with van der Waals surface area (Å²) in [6.07, 6.45) is 8.76. The minimum absolute atomic E-state index is 0.133. The van der Waals surface area contributed by atoms with Crippen molar-refractivity contribution in [1.29, 1.82) is 0 Å². The van der Waals surface area contributed by atoms with Gasteiger partial charge in [-0.3, -0.25) is 4.98 Å². The number of nitrogen functional groups attached to an aromatic ring is 1. The molecule has 1 aliphatic rings. The number of hydrogen-bond acceptors (Lipinski definition) is 7. The highest BCUT2D eigenvalue weighted by Crippen LogP contribution is 2.30. The van der Waals surface area contributed by atoms with Gasteiger partial charge in [0.15, 0.2) is 0 Å². The number of anilines is 2. The highest BCUT2D eigenvalue weighted by Gasteiger charge is 2.23. The van der Waals surface area contributed by atoms with E-state index in [1.54, 1.807) is 18.5 Å². The number of nitrogens with one attached hydrogen (secondary N) is 1. The van der Waals surface area contributed by atoms with E-state index >= 15 is 0 Å². The highest BCUT2D eigenvalue weighted by atomic mass is 35.5. The molecule has 7 nitrogen and oxygen atoms in total. The lowest BCUT2D eigenvalue weighted by Crippen LogP contribution is -2.31. The molecule has 8 heteroatoms. The average Bonchev–Trinajstić information content (AvgIpc) is 2.63. The zero-order valence-electron chi connectivity index (χ0n) is 14.1. The summed E-state index contributed by atoms with van der Waals surface area (Å²) in [6, 6.07) is 5.72. The zero-order valence-corrected chi connectivity index (χ0v) is 14.9. The minimum Gasteiger partial charge on any atom is -0.488 e. The fourth-order valence-corrected chi connectivity index (χ4v) is 3.43. The molecule has 1 fully saturated rings. The van der Waals surface area contributed by atoms with Gasteiger partial charge in [0.25, 0.3) is 0 Å². The Kier molecular flexibility index (Phi) is 4.71. The number of ether oxygens (including phenoxy) is 1. The summed E-state index contributed by atoms with van der Waals surface area (Å²) in [6.45, 7) is 0. The number of halogens is 1. The van der Waals surface area contributed by atoms with Crippen molar-refractivity contribution in [3.05, 3.63) is 42.1 Å². The van der Waals surface area contributed by atoms with E-state index < -0.39 is 0 Å². The van der Waals surface area contributed by atoms with Crippen LogP contribution in [0.15, 0.2) is 36.9 Å². The Morgan fingerprint density at radius 1 is 1.00 bits per heavy atom. The van der Waals surface area contributed by atoms with Gasteiger partial charge in [-0.15, -0.1) is 0 Å². The van der Waals surface area contributed by atoms with Crippen LogP contribution in [0.3, 0.4) is 0 Å². The molecular weight excluding hydrogens is 352 g/mol. The van der Waals surface area contributed by atoms with Crippen LogP contribution in [-0.4, -0.2) is 32.1 Å². The summed E-state index contributed by atoms with van der Waals surface area (Å²) in [5, 5.41) is 3.85. The van der Waals surface area contributed by atoms with Gasteiger partial charge in [0.05, 0.1) is 11.6 Å². The Morgan fingerprint density at radius 3 is 2.62 bits per heavy atom. The molecule has 3 N–H and O–H groups in total. The normalized spacial score (nSPS) is 20.0. The molecule has 0 atom stereocenters. The molecule has 0 radical (unpaired) electrons. The fourth-order valence-electron chi connectivity index (χ4n) is 3.28. The largest absolute Gasteiger partial charge is 0.488 e. The number of hydrogen-bond donors (Lipinski definition) is 2. The molecule has 1 aromatic carbocycles. The van der Waals surface area contributed by atoms with Crippen molar-refractivity contribution >= 4 is 34.1 Å². The molecule has 2 aromatic heterocycles. The lowest BCUT2D eigenvalue weighted by Gasteiger charge is -2.30. The summed E-state index contributed by atoms with van der Waals surface area (Å²) in [4.78, 5) is 16.8. The van der Waals surface area contributed by atoms with Crippen molar-refractivity contribution in [2.75, 3.05) is 11.1 Å². The second kappa shape index (κ2) is 7.29. The molecular formula is C18H19ClN6O. The number of rotatable bonds is 4. The number of nitrogens with zero attached hydrogens (tertiary/aromatic N) is 4. The summed E-state index contributed by atoms with van der Waals surface area (Å²) >= 11 is 5.90. The molecule has 0 bridgehead atoms. The van der Waals surface area contributed by atoms with Gasteiger partial charge in [-0.2, -0.15) is 0 Å². The summed E-state index contributed by atoms with van der Waals surface area (Å²) in [7, 11) is 0. The van der Waals surface area contributed by atoms with Crippen LogP contribution in [0.25, 0.3) is 11.0 Å². The van der Waals surface area contributed by atoms with Gasteiger partial charge in [-0.05, 0) is 31.7 Å². The van der Waals surface area contributed by atoms with E-state index in [4.69, 9.17) is 22.1 Å². The van der Waals surface area contributed by atoms with Gasteiger partial charge >= 0.3 is 0 Å². The summed E-state index contributed by atoms with van der Waals surface area (Å²) < 4.78 is 6.21. The van der Waals surface area contributed by atoms with E-state index in [1.165, 1.54) is 6.33 Å². The standard InChI is InChI=1S/C18H19ClN6O/c19-16-9-17(24-10-23-16)25-12-1-3-13(4-2-12)26-15-8-11(20)7-14-18(15)22-6-5-21-14/h5-10,12-13H,1-4,20H2,(H,23,24,25). The second-order valence-electron chi connectivity index (χ2n) is 6.40. The third-order valence-electron chi connectivity index (χ3n) is 4.51. The third-order valence-corrected chi connectivity index (χ3v) is 4.72. The molecule has 2 heterocycles. The highest BCUT2D eigenvalue weighted by molar-refractivity contribution is 6.29. The molecule has 1 saturated carbocycles. The van der Waals surface area contributed by atoms with Crippen molar-refractivity contribution in [3.8, 4) is 5.75 Å². The number of fused-ring (bicyclic) bond motifs is 1. The Balaban J connectivity index is 1.40. The molecule has 0 aliphatic heterocycles. The van der Waals surface area contributed by atoms with E-state index in [0.29, 0.717) is 22.6 Å². The van der Waals surface area contributed by atoms with Gasteiger partial charge in [0.2, 0.25) is 0 Å². The lowest BCUT2D eigenvalue weighted by molar-refractivity contribution is 0.152. The number of aromatic nitrogens is 4. The molecule has 26 heavy (non-hydrogen) atoms. The SMILES string of the molecule is Nc1cc(OC2CCC(Nc3cc(Cl)ncn3)CC2)c2nccnc2c1. The van der Waals surface area contributed by atoms with E-state index in [-0.39, 0.29) is 6.10 Å². The molecule has 3 aromatic rings. The van der Waals surface area contributed by atoms with Crippen molar-refractivity contribution in [1.82, 2.24) is 19.9 Å². The number of benzene rings is 1. The summed E-state index contributed by atoms with van der Waals surface area (Å²) in [5.41, 5.74) is 8.09. The maximum atomic E-state index is 6.21. The topological polar surface area (TPSA) is 98.8 Å². The van der Waals surface area contributed by atoms with Crippen molar-refractivity contribution in [2.45, 2.75) is 37.8 Å². The van der Waals surface area contributed by atoms with Crippen LogP contribution in [0, 0.1) is 0 Å². The van der Waals surface area contributed by atoms with Crippen molar-refractivity contribution in [3.63, 3.8) is 0 Å². The maximum Gasteiger partial charge on any atom is 0.149 e. The second-order valence-corrected chi connectivity index (χ2v) is 6.79. The van der Waals surface area contributed by atoms with Gasteiger partial charge in [0, 0.05) is 36.3 Å². The van der Waals surface area contributed by atoms with Gasteiger partial charge in [-0.1, -0.05) is 11.6 Å². The quantitative estimate of drug-likeness (QED) is 0.536. The molecule has 0 unspecified atom stereocenters. The first-order valence-electron chi connectivity index (χ1n) is 8.58. The molecule has 1 aliphatic carbocycles. The number of nitrogens with two attached hydrogens (primary N) is 1. The zero-order chi connectivity index (χ0) is 17.9. The monoisotopic (exact) mass is 370 g/mol. The van der Waals surface area contributed by atoms with Crippen LogP contribution >= 0.6 is 11.6 Å². The lowest BCUT2D eigenvalue weighted by atomic mass is 9.93. The van der Waals surface area contributed by atoms with Crippen molar-refractivity contribution in [2.24, 2.45) is 0 Å². The van der Waals surface area contributed by atoms with Gasteiger partial charge in [0.1, 0.15) is 28.6 Å². The molecule has 134 valence electrons. The first-order chi connectivity index (χ1) is 12.7. The van der Waals surface area contributed by atoms with Gasteiger partial charge in [-0.25, -0.2) is 15.0 Å². The maximum absolute atomic E-state index is 6.21. The first-order valence-corrected chi connectivity index (χ1v) is 8.96. The molecule has 0 amide bonds. The molecule has 0 spiro atoms. The van der Waals surface area contributed by atoms with Crippen LogP contribution in [0.1, 0.15) is 25.7 Å². The predicted molar refractivity (Wildman–Crippen MR) is 101 cm³/mol. The fraction of sp³-hybridized carbons (Fsp3) is 0.333. The predicted octanol–water partition coefficient (Wildman–Crippen LogP) is 3.46. The summed E-state index contributed by atoms with van der Waals surface area (Å²) in [5.74, 6) is 1.46. The molecule has 4 rings (SSSR count). The average molecular weight is 371 g/mol. The smallest absolute Gasteiger partial charge is 0.149 e. The van der Waals surface area contributed by atoms with E-state index in [9.17, 15) is 0 Å². The van der Waals surface area contributed by atoms with Crippen LogP contribution in [0.4, 0.5) is 11.5 Å². The van der Waals surface area contributed by atoms with E-state index in [0.717, 1.165) is 42.5 Å². The Bertz CT molecular complexity index is 913. The minimum atomic E-state index is 0.133. The van der Waals surface area contributed by atoms with Crippen LogP contribution in [-0.2, 0) is 0 Å². The van der Waals surface area contributed by atoms with Crippen molar-refractivity contribution < 1.29 is 4.74 Å². The third kappa shape index (κ3) is 3.77. The Hall–Kier alpha value is -2.67. The van der Waals surface area contributed by atoms with Crippen LogP contribution in [0.2, 0.25) is 5.15 Å². The van der Waals surface area contributed by atoms with Gasteiger partial charge < -0.3 is 15.8 Å². The Labute approximate surface area is 156 Å². The van der Waals surface area contributed by atoms with E-state index in [1.807, 2.05) is 12.1 Å². The van der Waals surface area contributed by atoms with Crippen LogP contribution in [0.5, 0.6) is 5.75 Å². The Morgan fingerprint density at radius 2 is 1.81 bits per heavy atom. The van der Waals surface area contributed by atoms with Crippen LogP contribution < -0.4 is 15.8 Å². The first kappa shape index (κ1) is 16.8. The molecule has 0 saturated heterocycles. The van der Waals surface area contributed by atoms with E-state index in [2.05, 4.69) is 25.3 Å².